The van der Waals surface area contributed by atoms with Crippen LogP contribution in [0.15, 0.2) is 0 Å². The van der Waals surface area contributed by atoms with Crippen molar-refractivity contribution in [2.45, 2.75) is 45.3 Å². The van der Waals surface area contributed by atoms with Gasteiger partial charge in [0.15, 0.2) is 0 Å². The summed E-state index contributed by atoms with van der Waals surface area (Å²) in [4.78, 5) is 0. The maximum atomic E-state index is 5.54. The molecule has 1 heterocycles. The average molecular weight is 176 g/mol. The molecule has 1 rings (SSSR count). The summed E-state index contributed by atoms with van der Waals surface area (Å²) in [7, 11) is 0. The Morgan fingerprint density at radius 3 is 2.75 bits per heavy atom. The first kappa shape index (κ1) is 11.9. The zero-order chi connectivity index (χ0) is 8.10. The lowest BCUT2D eigenvalue weighted by atomic mass is 10.2. The van der Waals surface area contributed by atoms with E-state index in [1.165, 1.54) is 19.3 Å². The van der Waals surface area contributed by atoms with Gasteiger partial charge in [-0.3, -0.25) is 0 Å². The van der Waals surface area contributed by atoms with Gasteiger partial charge in [0.2, 0.25) is 0 Å². The zero-order valence-corrected chi connectivity index (χ0v) is 8.01. The van der Waals surface area contributed by atoms with Crippen LogP contribution in [0, 0.1) is 0 Å². The van der Waals surface area contributed by atoms with E-state index in [1.807, 2.05) is 0 Å². The van der Waals surface area contributed by atoms with E-state index in [4.69, 9.17) is 9.47 Å². The van der Waals surface area contributed by atoms with Gasteiger partial charge >= 0.3 is 0 Å². The Morgan fingerprint density at radius 2 is 2.25 bits per heavy atom. The maximum absolute atomic E-state index is 5.54. The Morgan fingerprint density at radius 1 is 1.58 bits per heavy atom. The highest BCUT2D eigenvalue weighted by molar-refractivity contribution is 4.68. The molecule has 2 atom stereocenters. The van der Waals surface area contributed by atoms with E-state index in [2.05, 4.69) is 13.8 Å². The van der Waals surface area contributed by atoms with Crippen molar-refractivity contribution in [2.24, 2.45) is 0 Å². The third-order valence-electron chi connectivity index (χ3n) is 1.93. The van der Waals surface area contributed by atoms with Crippen molar-refractivity contribution in [3.05, 3.63) is 0 Å². The van der Waals surface area contributed by atoms with E-state index in [0.29, 0.717) is 12.2 Å². The van der Waals surface area contributed by atoms with Gasteiger partial charge in [0.1, 0.15) is 6.10 Å². The van der Waals surface area contributed by atoms with Crippen LogP contribution < -0.4 is 0 Å². The molecule has 0 radical (unpaired) electrons. The molecule has 12 heavy (non-hydrogen) atoms. The van der Waals surface area contributed by atoms with Gasteiger partial charge in [0.05, 0.1) is 19.3 Å². The van der Waals surface area contributed by atoms with Gasteiger partial charge in [-0.05, 0) is 13.3 Å². The van der Waals surface area contributed by atoms with Crippen LogP contribution in [0.4, 0.5) is 0 Å². The van der Waals surface area contributed by atoms with Crippen LogP contribution in [0.25, 0.3) is 0 Å². The molecule has 1 saturated heterocycles. The molecule has 0 aromatic heterocycles. The lowest BCUT2D eigenvalue weighted by molar-refractivity contribution is 0.0479. The topological polar surface area (TPSA) is 53.3 Å². The molecule has 0 saturated carbocycles. The van der Waals surface area contributed by atoms with Gasteiger partial charge in [-0.25, -0.2) is 0 Å². The minimum Gasteiger partial charge on any atom is -0.412 e. The van der Waals surface area contributed by atoms with Gasteiger partial charge < -0.3 is 14.9 Å². The van der Waals surface area contributed by atoms with Crippen LogP contribution >= 0.6 is 0 Å². The number of unbranched alkanes of at least 4 members (excludes halogenated alkanes) is 1. The molecule has 0 spiro atoms. The van der Waals surface area contributed by atoms with Crippen molar-refractivity contribution >= 4 is 0 Å². The molecule has 74 valence electrons. The molecule has 3 heteroatoms. The quantitative estimate of drug-likeness (QED) is 0.570. The molecule has 1 aliphatic rings. The standard InChI is InChI=1S/C9H18O2.H2O/c1-3-4-5-8(2)10-6-9-7-11-9;/h8-9H,3-7H2,1-2H3;1H2. The van der Waals surface area contributed by atoms with Gasteiger partial charge in [-0.1, -0.05) is 19.8 Å². The highest BCUT2D eigenvalue weighted by Gasteiger charge is 2.23. The molecular weight excluding hydrogens is 156 g/mol. The molecule has 0 aliphatic carbocycles. The van der Waals surface area contributed by atoms with Gasteiger partial charge in [-0.2, -0.15) is 0 Å². The van der Waals surface area contributed by atoms with Crippen LogP contribution in [0.3, 0.4) is 0 Å². The lowest BCUT2D eigenvalue weighted by Crippen LogP contribution is -2.12. The second kappa shape index (κ2) is 6.40. The summed E-state index contributed by atoms with van der Waals surface area (Å²) < 4.78 is 10.6. The second-order valence-corrected chi connectivity index (χ2v) is 3.24. The molecule has 0 bridgehead atoms. The number of hydrogen-bond donors (Lipinski definition) is 0. The van der Waals surface area contributed by atoms with E-state index >= 15 is 0 Å². The van der Waals surface area contributed by atoms with E-state index < -0.39 is 0 Å². The van der Waals surface area contributed by atoms with Gasteiger partial charge in [0, 0.05) is 0 Å². The van der Waals surface area contributed by atoms with Crippen LogP contribution in [0.1, 0.15) is 33.1 Å². The SMILES string of the molecule is CCCCC(C)OCC1CO1.O. The summed E-state index contributed by atoms with van der Waals surface area (Å²) in [6.45, 7) is 6.04. The first-order valence-corrected chi connectivity index (χ1v) is 4.56. The predicted molar refractivity (Wildman–Crippen MR) is 48.3 cm³/mol. The largest absolute Gasteiger partial charge is 0.412 e. The zero-order valence-electron chi connectivity index (χ0n) is 8.01. The van der Waals surface area contributed by atoms with Crippen molar-refractivity contribution in [1.82, 2.24) is 0 Å². The maximum Gasteiger partial charge on any atom is 0.104 e. The van der Waals surface area contributed by atoms with E-state index in [9.17, 15) is 0 Å². The van der Waals surface area contributed by atoms with E-state index in [1.54, 1.807) is 0 Å². The predicted octanol–water partition coefficient (Wildman–Crippen LogP) is 1.16. The molecule has 0 aromatic rings. The molecule has 1 fully saturated rings. The highest BCUT2D eigenvalue weighted by atomic mass is 16.6. The van der Waals surface area contributed by atoms with Crippen LogP contribution in [-0.2, 0) is 9.47 Å². The Balaban J connectivity index is 0.00000121. The summed E-state index contributed by atoms with van der Waals surface area (Å²) in [5.41, 5.74) is 0. The number of epoxide rings is 1. The average Bonchev–Trinajstić information content (AvgIpc) is 2.80. The van der Waals surface area contributed by atoms with Crippen molar-refractivity contribution in [3.63, 3.8) is 0 Å². The van der Waals surface area contributed by atoms with E-state index in [-0.39, 0.29) is 5.48 Å². The summed E-state index contributed by atoms with van der Waals surface area (Å²) in [6, 6.07) is 0. The minimum atomic E-state index is 0. The third kappa shape index (κ3) is 5.52. The fourth-order valence-electron chi connectivity index (χ4n) is 1.01. The van der Waals surface area contributed by atoms with Gasteiger partial charge in [0.25, 0.3) is 0 Å². The summed E-state index contributed by atoms with van der Waals surface area (Å²) in [5.74, 6) is 0. The van der Waals surface area contributed by atoms with Crippen LogP contribution in [-0.4, -0.2) is 30.9 Å². The molecule has 2 N–H and O–H groups in total. The van der Waals surface area contributed by atoms with Crippen molar-refractivity contribution < 1.29 is 14.9 Å². The van der Waals surface area contributed by atoms with Crippen LogP contribution in [0.5, 0.6) is 0 Å². The number of rotatable bonds is 6. The summed E-state index contributed by atoms with van der Waals surface area (Å²) in [6.07, 6.45) is 4.54. The Labute approximate surface area is 74.4 Å². The lowest BCUT2D eigenvalue weighted by Gasteiger charge is -2.10. The smallest absolute Gasteiger partial charge is 0.104 e. The minimum absolute atomic E-state index is 0. The first-order chi connectivity index (χ1) is 5.33. The van der Waals surface area contributed by atoms with Crippen molar-refractivity contribution in [3.8, 4) is 0 Å². The molecule has 0 amide bonds. The normalized spacial score (nSPS) is 23.0. The fourth-order valence-corrected chi connectivity index (χ4v) is 1.01. The fraction of sp³-hybridized carbons (Fsp3) is 1.00. The first-order valence-electron chi connectivity index (χ1n) is 4.56. The monoisotopic (exact) mass is 176 g/mol. The summed E-state index contributed by atoms with van der Waals surface area (Å²) in [5, 5.41) is 0. The number of hydrogen-bond acceptors (Lipinski definition) is 2. The van der Waals surface area contributed by atoms with Crippen molar-refractivity contribution in [2.75, 3.05) is 13.2 Å². The molecule has 0 aromatic carbocycles. The molecular formula is C9H20O3. The molecule has 3 nitrogen and oxygen atoms in total. The molecule has 1 aliphatic heterocycles. The Hall–Kier alpha value is -0.120. The number of ether oxygens (including phenoxy) is 2. The second-order valence-electron chi connectivity index (χ2n) is 3.24. The Kier molecular flexibility index (Phi) is 6.34. The van der Waals surface area contributed by atoms with Crippen molar-refractivity contribution in [1.29, 1.82) is 0 Å². The summed E-state index contributed by atoms with van der Waals surface area (Å²) >= 11 is 0. The molecule has 2 unspecified atom stereocenters. The Bertz CT molecular complexity index is 102. The van der Waals surface area contributed by atoms with E-state index in [0.717, 1.165) is 13.2 Å². The third-order valence-corrected chi connectivity index (χ3v) is 1.93. The van der Waals surface area contributed by atoms with Crippen LogP contribution in [0.2, 0.25) is 0 Å². The highest BCUT2D eigenvalue weighted by Crippen LogP contribution is 2.11. The van der Waals surface area contributed by atoms with Gasteiger partial charge in [-0.15, -0.1) is 0 Å².